The lowest BCUT2D eigenvalue weighted by Crippen LogP contribution is -2.13. The normalized spacial score (nSPS) is 10.2. The lowest BCUT2D eigenvalue weighted by atomic mass is 10.2. The minimum atomic E-state index is -0.142. The lowest BCUT2D eigenvalue weighted by molar-refractivity contribution is -0.116. The second-order valence-electron chi connectivity index (χ2n) is 3.34. The number of aromatic nitrogens is 2. The first kappa shape index (κ1) is 11.6. The van der Waals surface area contributed by atoms with Crippen molar-refractivity contribution in [3.05, 3.63) is 41.7 Å². The van der Waals surface area contributed by atoms with Crippen LogP contribution in [0.5, 0.6) is 0 Å². The van der Waals surface area contributed by atoms with Gasteiger partial charge in [0.15, 0.2) is 0 Å². The fourth-order valence-corrected chi connectivity index (χ4v) is 1.45. The Morgan fingerprint density at radius 3 is 3.06 bits per heavy atom. The Balaban J connectivity index is 1.85. The Hall–Kier alpha value is -1.88. The number of rotatable bonds is 4. The minimum absolute atomic E-state index is 0.105. The van der Waals surface area contributed by atoms with Gasteiger partial charge in [-0.2, -0.15) is 0 Å². The van der Waals surface area contributed by atoms with E-state index in [1.807, 2.05) is 6.07 Å². The van der Waals surface area contributed by atoms with Crippen molar-refractivity contribution in [2.75, 3.05) is 5.32 Å². The van der Waals surface area contributed by atoms with E-state index >= 15 is 0 Å². The number of anilines is 1. The van der Waals surface area contributed by atoms with Crippen LogP contribution in [0.25, 0.3) is 0 Å². The standard InChI is InChI=1S/C11H10ClN3O2/c12-11-13-6-5-9(15-11)14-10(16)4-3-8-2-1-7-17-8/h1-2,5-7H,3-4H2,(H,13,14,15,16). The van der Waals surface area contributed by atoms with Crippen LogP contribution in [0, 0.1) is 0 Å². The van der Waals surface area contributed by atoms with Crippen molar-refractivity contribution < 1.29 is 9.21 Å². The molecule has 17 heavy (non-hydrogen) atoms. The number of nitrogens with one attached hydrogen (secondary N) is 1. The smallest absolute Gasteiger partial charge is 0.225 e. The van der Waals surface area contributed by atoms with Crippen LogP contribution in [-0.2, 0) is 11.2 Å². The molecule has 2 rings (SSSR count). The SMILES string of the molecule is O=C(CCc1ccco1)Nc1ccnc(Cl)n1. The zero-order chi connectivity index (χ0) is 12.1. The molecule has 1 N–H and O–H groups in total. The van der Waals surface area contributed by atoms with Gasteiger partial charge in [0, 0.05) is 19.0 Å². The van der Waals surface area contributed by atoms with Crippen molar-refractivity contribution in [2.45, 2.75) is 12.8 Å². The van der Waals surface area contributed by atoms with Crippen LogP contribution in [0.4, 0.5) is 5.82 Å². The molecule has 0 aliphatic rings. The van der Waals surface area contributed by atoms with E-state index < -0.39 is 0 Å². The summed E-state index contributed by atoms with van der Waals surface area (Å²) in [5.74, 6) is 1.03. The Morgan fingerprint density at radius 2 is 2.35 bits per heavy atom. The second-order valence-corrected chi connectivity index (χ2v) is 3.68. The van der Waals surface area contributed by atoms with Gasteiger partial charge in [0.1, 0.15) is 11.6 Å². The molecular formula is C11H10ClN3O2. The summed E-state index contributed by atoms with van der Waals surface area (Å²) in [5, 5.41) is 2.73. The molecule has 0 spiro atoms. The summed E-state index contributed by atoms with van der Waals surface area (Å²) >= 11 is 5.60. The zero-order valence-electron chi connectivity index (χ0n) is 8.89. The molecule has 88 valence electrons. The first-order valence-electron chi connectivity index (χ1n) is 5.05. The molecule has 0 aliphatic heterocycles. The van der Waals surface area contributed by atoms with E-state index in [4.69, 9.17) is 16.0 Å². The van der Waals surface area contributed by atoms with Gasteiger partial charge < -0.3 is 9.73 Å². The first-order valence-corrected chi connectivity index (χ1v) is 5.42. The van der Waals surface area contributed by atoms with E-state index in [2.05, 4.69) is 15.3 Å². The molecule has 2 heterocycles. The van der Waals surface area contributed by atoms with E-state index in [1.54, 1.807) is 18.4 Å². The predicted octanol–water partition coefficient (Wildman–Crippen LogP) is 2.29. The highest BCUT2D eigenvalue weighted by Crippen LogP contribution is 2.08. The summed E-state index contributed by atoms with van der Waals surface area (Å²) in [6.45, 7) is 0. The van der Waals surface area contributed by atoms with Crippen molar-refractivity contribution in [2.24, 2.45) is 0 Å². The van der Waals surface area contributed by atoms with Gasteiger partial charge in [0.25, 0.3) is 0 Å². The van der Waals surface area contributed by atoms with E-state index in [0.717, 1.165) is 5.76 Å². The third-order valence-electron chi connectivity index (χ3n) is 2.07. The number of carbonyl (C=O) groups is 1. The molecule has 0 unspecified atom stereocenters. The number of halogens is 1. The third kappa shape index (κ3) is 3.57. The van der Waals surface area contributed by atoms with Gasteiger partial charge in [-0.25, -0.2) is 9.97 Å². The summed E-state index contributed by atoms with van der Waals surface area (Å²) in [6, 6.07) is 5.20. The van der Waals surface area contributed by atoms with E-state index in [-0.39, 0.29) is 11.2 Å². The number of nitrogens with zero attached hydrogens (tertiary/aromatic N) is 2. The highest BCUT2D eigenvalue weighted by Gasteiger charge is 2.05. The Morgan fingerprint density at radius 1 is 1.47 bits per heavy atom. The molecule has 6 heteroatoms. The van der Waals surface area contributed by atoms with E-state index in [9.17, 15) is 4.79 Å². The molecule has 2 aromatic rings. The van der Waals surface area contributed by atoms with Crippen LogP contribution in [0.15, 0.2) is 35.1 Å². The maximum absolute atomic E-state index is 11.6. The minimum Gasteiger partial charge on any atom is -0.469 e. The summed E-state index contributed by atoms with van der Waals surface area (Å²) < 4.78 is 5.13. The average molecular weight is 252 g/mol. The number of hydrogen-bond donors (Lipinski definition) is 1. The molecule has 0 saturated carbocycles. The van der Waals surface area contributed by atoms with Crippen LogP contribution in [0.3, 0.4) is 0 Å². The zero-order valence-corrected chi connectivity index (χ0v) is 9.65. The molecule has 0 bridgehead atoms. The van der Waals surface area contributed by atoms with Crippen molar-refractivity contribution in [3.63, 3.8) is 0 Å². The van der Waals surface area contributed by atoms with Gasteiger partial charge in [0.2, 0.25) is 11.2 Å². The predicted molar refractivity (Wildman–Crippen MR) is 62.7 cm³/mol. The lowest BCUT2D eigenvalue weighted by Gasteiger charge is -2.03. The fraction of sp³-hybridized carbons (Fsp3) is 0.182. The molecule has 0 aromatic carbocycles. The van der Waals surface area contributed by atoms with Gasteiger partial charge in [-0.15, -0.1) is 0 Å². The number of amides is 1. The van der Waals surface area contributed by atoms with Crippen LogP contribution in [0.2, 0.25) is 5.28 Å². The average Bonchev–Trinajstić information content (AvgIpc) is 2.79. The quantitative estimate of drug-likeness (QED) is 0.847. The highest BCUT2D eigenvalue weighted by atomic mass is 35.5. The molecule has 0 radical (unpaired) electrons. The fourth-order valence-electron chi connectivity index (χ4n) is 1.30. The molecule has 0 saturated heterocycles. The van der Waals surface area contributed by atoms with Gasteiger partial charge in [-0.1, -0.05) is 0 Å². The maximum Gasteiger partial charge on any atom is 0.225 e. The van der Waals surface area contributed by atoms with Crippen LogP contribution >= 0.6 is 11.6 Å². The van der Waals surface area contributed by atoms with Gasteiger partial charge in [-0.05, 0) is 29.8 Å². The van der Waals surface area contributed by atoms with Gasteiger partial charge >= 0.3 is 0 Å². The molecular weight excluding hydrogens is 242 g/mol. The van der Waals surface area contributed by atoms with Crippen LogP contribution < -0.4 is 5.32 Å². The highest BCUT2D eigenvalue weighted by molar-refractivity contribution is 6.28. The Kier molecular flexibility index (Phi) is 3.72. The van der Waals surface area contributed by atoms with Crippen molar-refractivity contribution in [1.82, 2.24) is 9.97 Å². The van der Waals surface area contributed by atoms with Crippen LogP contribution in [0.1, 0.15) is 12.2 Å². The van der Waals surface area contributed by atoms with Crippen molar-refractivity contribution >= 4 is 23.3 Å². The summed E-state index contributed by atoms with van der Waals surface area (Å²) in [4.78, 5) is 19.1. The van der Waals surface area contributed by atoms with E-state index in [1.165, 1.54) is 6.20 Å². The van der Waals surface area contributed by atoms with Gasteiger partial charge in [0.05, 0.1) is 6.26 Å². The van der Waals surface area contributed by atoms with E-state index in [0.29, 0.717) is 18.7 Å². The number of aryl methyl sites for hydroxylation is 1. The first-order chi connectivity index (χ1) is 8.24. The summed E-state index contributed by atoms with van der Waals surface area (Å²) in [6.07, 6.45) is 3.95. The molecule has 0 fully saturated rings. The monoisotopic (exact) mass is 251 g/mol. The van der Waals surface area contributed by atoms with Crippen LogP contribution in [-0.4, -0.2) is 15.9 Å². The second kappa shape index (κ2) is 5.45. The number of carbonyl (C=O) groups excluding carboxylic acids is 1. The molecule has 0 atom stereocenters. The molecule has 1 amide bonds. The van der Waals surface area contributed by atoms with Crippen molar-refractivity contribution in [3.8, 4) is 0 Å². The topological polar surface area (TPSA) is 68.0 Å². The number of hydrogen-bond acceptors (Lipinski definition) is 4. The molecule has 0 aliphatic carbocycles. The molecule has 5 nitrogen and oxygen atoms in total. The maximum atomic E-state index is 11.6. The summed E-state index contributed by atoms with van der Waals surface area (Å²) in [5.41, 5.74) is 0. The third-order valence-corrected chi connectivity index (χ3v) is 2.25. The summed E-state index contributed by atoms with van der Waals surface area (Å²) in [7, 11) is 0. The largest absolute Gasteiger partial charge is 0.469 e. The molecule has 2 aromatic heterocycles. The Labute approximate surface area is 103 Å². The number of furan rings is 1. The van der Waals surface area contributed by atoms with Gasteiger partial charge in [-0.3, -0.25) is 4.79 Å². The Bertz CT molecular complexity index is 499. The van der Waals surface area contributed by atoms with Crippen molar-refractivity contribution in [1.29, 1.82) is 0 Å².